The maximum atomic E-state index is 13.0. The zero-order valence-corrected chi connectivity index (χ0v) is 18.5. The lowest BCUT2D eigenvalue weighted by Gasteiger charge is -2.34. The average molecular weight is 438 g/mol. The highest BCUT2D eigenvalue weighted by atomic mass is 35.5. The maximum absolute atomic E-state index is 13.0. The first-order chi connectivity index (χ1) is 14.8. The molecule has 4 rings (SSSR count). The number of fused-ring (bicyclic) bond motifs is 1. The number of hydrogen-bond donors (Lipinski definition) is 1. The van der Waals surface area contributed by atoms with Gasteiger partial charge in [0.1, 0.15) is 0 Å². The molecule has 8 heteroatoms. The van der Waals surface area contributed by atoms with E-state index in [4.69, 9.17) is 11.6 Å². The van der Waals surface area contributed by atoms with Gasteiger partial charge in [0.2, 0.25) is 0 Å². The second-order valence-corrected chi connectivity index (χ2v) is 8.18. The van der Waals surface area contributed by atoms with E-state index in [0.29, 0.717) is 48.0 Å². The molecule has 7 nitrogen and oxygen atoms in total. The van der Waals surface area contributed by atoms with Gasteiger partial charge in [-0.2, -0.15) is 0 Å². The molecule has 1 saturated heterocycles. The molecule has 160 valence electrons. The van der Waals surface area contributed by atoms with Crippen LogP contribution in [0.2, 0.25) is 5.02 Å². The summed E-state index contributed by atoms with van der Waals surface area (Å²) < 4.78 is 0. The molecule has 2 aromatic carbocycles. The van der Waals surface area contributed by atoms with E-state index in [1.54, 1.807) is 28.0 Å². The van der Waals surface area contributed by atoms with Gasteiger partial charge >= 0.3 is 6.03 Å². The predicted octanol–water partition coefficient (Wildman–Crippen LogP) is 4.20. The Kier molecular flexibility index (Phi) is 5.78. The number of anilines is 1. The first kappa shape index (κ1) is 21.1. The molecular formula is C23H24ClN5O2. The fourth-order valence-corrected chi connectivity index (χ4v) is 3.71. The van der Waals surface area contributed by atoms with Gasteiger partial charge in [-0.15, -0.1) is 0 Å². The lowest BCUT2D eigenvalue weighted by Crippen LogP contribution is -2.51. The molecule has 0 radical (unpaired) electrons. The fourth-order valence-electron chi connectivity index (χ4n) is 3.53. The zero-order valence-electron chi connectivity index (χ0n) is 17.8. The third-order valence-corrected chi connectivity index (χ3v) is 6.01. The van der Waals surface area contributed by atoms with E-state index < -0.39 is 0 Å². The molecule has 1 aromatic heterocycles. The number of carbonyl (C=O) groups excluding carboxylic acids is 2. The Morgan fingerprint density at radius 3 is 2.19 bits per heavy atom. The van der Waals surface area contributed by atoms with Gasteiger partial charge in [0.05, 0.1) is 22.4 Å². The van der Waals surface area contributed by atoms with E-state index in [1.807, 2.05) is 39.0 Å². The summed E-state index contributed by atoms with van der Waals surface area (Å²) in [6, 6.07) is 10.6. The number of carbonyl (C=O) groups is 2. The predicted molar refractivity (Wildman–Crippen MR) is 122 cm³/mol. The summed E-state index contributed by atoms with van der Waals surface area (Å²) in [6.45, 7) is 7.60. The number of amides is 3. The van der Waals surface area contributed by atoms with Crippen LogP contribution in [0.5, 0.6) is 0 Å². The van der Waals surface area contributed by atoms with E-state index in [9.17, 15) is 9.59 Å². The lowest BCUT2D eigenvalue weighted by molar-refractivity contribution is 0.0672. The molecule has 0 aliphatic carbocycles. The molecule has 31 heavy (non-hydrogen) atoms. The Hall–Kier alpha value is -3.19. The van der Waals surface area contributed by atoms with Gasteiger partial charge in [-0.1, -0.05) is 17.7 Å². The van der Waals surface area contributed by atoms with E-state index >= 15 is 0 Å². The summed E-state index contributed by atoms with van der Waals surface area (Å²) in [5.74, 6) is -0.0627. The van der Waals surface area contributed by atoms with Crippen molar-refractivity contribution in [3.05, 3.63) is 63.9 Å². The molecule has 0 atom stereocenters. The van der Waals surface area contributed by atoms with E-state index in [2.05, 4.69) is 15.3 Å². The smallest absolute Gasteiger partial charge is 0.321 e. The molecule has 1 fully saturated rings. The Labute approximate surface area is 186 Å². The second kappa shape index (κ2) is 8.51. The topological polar surface area (TPSA) is 78.4 Å². The molecule has 0 saturated carbocycles. The van der Waals surface area contributed by atoms with Crippen molar-refractivity contribution in [2.24, 2.45) is 0 Å². The molecule has 1 aliphatic rings. The van der Waals surface area contributed by atoms with Crippen molar-refractivity contribution in [3.8, 4) is 0 Å². The van der Waals surface area contributed by atoms with Gasteiger partial charge in [0, 0.05) is 42.5 Å². The molecule has 3 aromatic rings. The van der Waals surface area contributed by atoms with Crippen molar-refractivity contribution in [1.82, 2.24) is 19.8 Å². The largest absolute Gasteiger partial charge is 0.335 e. The minimum atomic E-state index is -0.196. The highest BCUT2D eigenvalue weighted by Gasteiger charge is 2.25. The van der Waals surface area contributed by atoms with Crippen LogP contribution in [-0.4, -0.2) is 57.9 Å². The van der Waals surface area contributed by atoms with Crippen LogP contribution in [0.4, 0.5) is 10.5 Å². The Morgan fingerprint density at radius 1 is 0.871 bits per heavy atom. The number of aryl methyl sites for hydroxylation is 3. The van der Waals surface area contributed by atoms with Gasteiger partial charge in [-0.3, -0.25) is 4.79 Å². The van der Waals surface area contributed by atoms with Crippen LogP contribution in [0.1, 0.15) is 27.3 Å². The molecule has 0 spiro atoms. The summed E-state index contributed by atoms with van der Waals surface area (Å²) in [6.07, 6.45) is 0. The number of nitrogens with zero attached hydrogens (tertiary/aromatic N) is 4. The molecule has 3 amide bonds. The second-order valence-electron chi connectivity index (χ2n) is 7.77. The third-order valence-electron chi connectivity index (χ3n) is 5.60. The summed E-state index contributed by atoms with van der Waals surface area (Å²) in [4.78, 5) is 38.1. The number of halogens is 1. The maximum Gasteiger partial charge on any atom is 0.321 e. The average Bonchev–Trinajstić information content (AvgIpc) is 2.76. The molecule has 1 N–H and O–H groups in total. The number of nitrogens with one attached hydrogen (secondary N) is 1. The van der Waals surface area contributed by atoms with Crippen molar-refractivity contribution < 1.29 is 9.59 Å². The van der Waals surface area contributed by atoms with Gasteiger partial charge in [-0.25, -0.2) is 14.8 Å². The fraction of sp³-hybridized carbons (Fsp3) is 0.304. The quantitative estimate of drug-likeness (QED) is 0.651. The molecular weight excluding hydrogens is 414 g/mol. The monoisotopic (exact) mass is 437 g/mol. The van der Waals surface area contributed by atoms with Crippen LogP contribution >= 0.6 is 11.6 Å². The van der Waals surface area contributed by atoms with Crippen LogP contribution in [0.3, 0.4) is 0 Å². The Bertz CT molecular complexity index is 1170. The summed E-state index contributed by atoms with van der Waals surface area (Å²) >= 11 is 6.13. The van der Waals surface area contributed by atoms with E-state index in [1.165, 1.54) is 0 Å². The SMILES string of the molecule is Cc1ccc(NC(=O)N2CCN(C(=O)c3ccc4nc(C)c(C)nc4c3)CC2)cc1Cl. The minimum Gasteiger partial charge on any atom is -0.335 e. The van der Waals surface area contributed by atoms with Gasteiger partial charge in [-0.05, 0) is 56.7 Å². The van der Waals surface area contributed by atoms with Crippen molar-refractivity contribution in [2.75, 3.05) is 31.5 Å². The first-order valence-electron chi connectivity index (χ1n) is 10.2. The van der Waals surface area contributed by atoms with Crippen LogP contribution in [0.15, 0.2) is 36.4 Å². The van der Waals surface area contributed by atoms with E-state index in [-0.39, 0.29) is 11.9 Å². The third kappa shape index (κ3) is 4.46. The van der Waals surface area contributed by atoms with Gasteiger partial charge in [0.25, 0.3) is 5.91 Å². The summed E-state index contributed by atoms with van der Waals surface area (Å²) in [5.41, 5.74) is 5.41. The van der Waals surface area contributed by atoms with Gasteiger partial charge < -0.3 is 15.1 Å². The van der Waals surface area contributed by atoms with Crippen molar-refractivity contribution in [1.29, 1.82) is 0 Å². The zero-order chi connectivity index (χ0) is 22.1. The van der Waals surface area contributed by atoms with Crippen LogP contribution in [0.25, 0.3) is 11.0 Å². The highest BCUT2D eigenvalue weighted by Crippen LogP contribution is 2.21. The Balaban J connectivity index is 1.39. The normalized spacial score (nSPS) is 14.1. The molecule has 2 heterocycles. The van der Waals surface area contributed by atoms with Crippen molar-refractivity contribution in [3.63, 3.8) is 0 Å². The van der Waals surface area contributed by atoms with Gasteiger partial charge in [0.15, 0.2) is 0 Å². The number of rotatable bonds is 2. The lowest BCUT2D eigenvalue weighted by atomic mass is 10.1. The number of piperazine rings is 1. The summed E-state index contributed by atoms with van der Waals surface area (Å²) in [7, 11) is 0. The number of hydrogen-bond acceptors (Lipinski definition) is 4. The standard InChI is InChI=1S/C23H24ClN5O2/c1-14-4-6-18(13-19(14)24)27-23(31)29-10-8-28(9-11-29)22(30)17-5-7-20-21(12-17)26-16(3)15(2)25-20/h4-7,12-13H,8-11H2,1-3H3,(H,27,31). The van der Waals surface area contributed by atoms with Crippen molar-refractivity contribution >= 4 is 40.3 Å². The van der Waals surface area contributed by atoms with Crippen LogP contribution in [0, 0.1) is 20.8 Å². The number of benzene rings is 2. The van der Waals surface area contributed by atoms with Crippen LogP contribution < -0.4 is 5.32 Å². The van der Waals surface area contributed by atoms with Crippen molar-refractivity contribution in [2.45, 2.75) is 20.8 Å². The number of aromatic nitrogens is 2. The molecule has 0 bridgehead atoms. The Morgan fingerprint density at radius 2 is 1.52 bits per heavy atom. The molecule has 0 unspecified atom stereocenters. The summed E-state index contributed by atoms with van der Waals surface area (Å²) in [5, 5.41) is 3.48. The first-order valence-corrected chi connectivity index (χ1v) is 10.6. The van der Waals surface area contributed by atoms with Crippen LogP contribution in [-0.2, 0) is 0 Å². The number of urea groups is 1. The highest BCUT2D eigenvalue weighted by molar-refractivity contribution is 6.31. The molecule has 1 aliphatic heterocycles. The van der Waals surface area contributed by atoms with E-state index in [0.717, 1.165) is 22.5 Å². The minimum absolute atomic E-state index is 0.0627.